The lowest BCUT2D eigenvalue weighted by Crippen LogP contribution is -2.45. The van der Waals surface area contributed by atoms with E-state index in [4.69, 9.17) is 0 Å². The van der Waals surface area contributed by atoms with Crippen LogP contribution in [0.25, 0.3) is 10.2 Å². The fourth-order valence-electron chi connectivity index (χ4n) is 2.67. The van der Waals surface area contributed by atoms with Crippen LogP contribution in [0, 0.1) is 5.92 Å². The zero-order valence-electron chi connectivity index (χ0n) is 12.2. The molecular formula is C16H20N2O2S. The summed E-state index contributed by atoms with van der Waals surface area (Å²) in [5.74, 6) is 0.415. The summed E-state index contributed by atoms with van der Waals surface area (Å²) >= 11 is 1.66. The molecule has 0 spiro atoms. The van der Waals surface area contributed by atoms with Crippen molar-refractivity contribution < 1.29 is 9.90 Å². The smallest absolute Gasteiger partial charge is 0.223 e. The quantitative estimate of drug-likeness (QED) is 0.947. The number of carbonyl (C=O) groups excluding carboxylic acids is 1. The number of benzene rings is 1. The van der Waals surface area contributed by atoms with Crippen molar-refractivity contribution in [2.75, 3.05) is 13.1 Å². The van der Waals surface area contributed by atoms with Crippen molar-refractivity contribution >= 4 is 27.5 Å². The molecule has 0 aliphatic carbocycles. The summed E-state index contributed by atoms with van der Waals surface area (Å²) in [5, 5.41) is 10.9. The number of likely N-dealkylation sites (tertiary alicyclic amines) is 1. The zero-order chi connectivity index (χ0) is 14.8. The van der Waals surface area contributed by atoms with Crippen LogP contribution in [0.15, 0.2) is 24.3 Å². The van der Waals surface area contributed by atoms with E-state index in [-0.39, 0.29) is 12.0 Å². The highest BCUT2D eigenvalue weighted by atomic mass is 32.1. The third-order valence-corrected chi connectivity index (χ3v) is 5.26. The maximum atomic E-state index is 12.2. The first-order valence-electron chi connectivity index (χ1n) is 7.44. The molecule has 112 valence electrons. The standard InChI is InChI=1S/C16H20N2O2S/c1-11-8-9-18(10-13(11)19)16(20)7-6-15-17-12-4-2-3-5-14(12)21-15/h2-5,11,13,19H,6-10H2,1H3. The van der Waals surface area contributed by atoms with Crippen LogP contribution in [0.1, 0.15) is 24.8 Å². The Bertz CT molecular complexity index is 607. The van der Waals surface area contributed by atoms with Gasteiger partial charge in [0.15, 0.2) is 0 Å². The topological polar surface area (TPSA) is 53.4 Å². The molecular weight excluding hydrogens is 284 g/mol. The summed E-state index contributed by atoms with van der Waals surface area (Å²) in [6, 6.07) is 8.04. The lowest BCUT2D eigenvalue weighted by Gasteiger charge is -2.34. The predicted molar refractivity (Wildman–Crippen MR) is 84.3 cm³/mol. The molecule has 1 saturated heterocycles. The van der Waals surface area contributed by atoms with Crippen LogP contribution >= 0.6 is 11.3 Å². The first-order chi connectivity index (χ1) is 10.1. The number of aryl methyl sites for hydroxylation is 1. The first kappa shape index (κ1) is 14.5. The number of thiazole rings is 1. The molecule has 0 saturated carbocycles. The number of aromatic nitrogens is 1. The number of aliphatic hydroxyl groups excluding tert-OH is 1. The van der Waals surface area contributed by atoms with Gasteiger partial charge in [0.1, 0.15) is 0 Å². The van der Waals surface area contributed by atoms with Crippen molar-refractivity contribution in [3.05, 3.63) is 29.3 Å². The van der Waals surface area contributed by atoms with Gasteiger partial charge in [-0.05, 0) is 24.5 Å². The average molecular weight is 304 g/mol. The largest absolute Gasteiger partial charge is 0.391 e. The van der Waals surface area contributed by atoms with Gasteiger partial charge in [-0.15, -0.1) is 11.3 Å². The van der Waals surface area contributed by atoms with Crippen LogP contribution in [0.2, 0.25) is 0 Å². The number of nitrogens with zero attached hydrogens (tertiary/aromatic N) is 2. The number of rotatable bonds is 3. The molecule has 1 amide bonds. The number of aliphatic hydroxyl groups is 1. The van der Waals surface area contributed by atoms with Gasteiger partial charge >= 0.3 is 0 Å². The van der Waals surface area contributed by atoms with E-state index in [1.807, 2.05) is 25.1 Å². The maximum Gasteiger partial charge on any atom is 0.223 e. The molecule has 3 rings (SSSR count). The minimum Gasteiger partial charge on any atom is -0.391 e. The number of β-amino-alcohol motifs (C(OH)–C–C–N with tert-alkyl or cyclic N) is 1. The van der Waals surface area contributed by atoms with Gasteiger partial charge in [0, 0.05) is 25.9 Å². The highest BCUT2D eigenvalue weighted by Gasteiger charge is 2.27. The number of hydrogen-bond donors (Lipinski definition) is 1. The van der Waals surface area contributed by atoms with E-state index in [2.05, 4.69) is 11.1 Å². The third kappa shape index (κ3) is 3.24. The molecule has 0 radical (unpaired) electrons. The Kier molecular flexibility index (Phi) is 4.22. The van der Waals surface area contributed by atoms with Gasteiger partial charge in [0.05, 0.1) is 21.3 Å². The highest BCUT2D eigenvalue weighted by Crippen LogP contribution is 2.23. The van der Waals surface area contributed by atoms with E-state index in [0.717, 1.165) is 23.5 Å². The lowest BCUT2D eigenvalue weighted by atomic mass is 9.96. The van der Waals surface area contributed by atoms with E-state index >= 15 is 0 Å². The monoisotopic (exact) mass is 304 g/mol. The van der Waals surface area contributed by atoms with Gasteiger partial charge in [-0.25, -0.2) is 4.98 Å². The second kappa shape index (κ2) is 6.12. The number of amides is 1. The summed E-state index contributed by atoms with van der Waals surface area (Å²) in [4.78, 5) is 18.6. The molecule has 21 heavy (non-hydrogen) atoms. The van der Waals surface area contributed by atoms with Crippen LogP contribution < -0.4 is 0 Å². The Labute approximate surface area is 128 Å². The Morgan fingerprint density at radius 1 is 1.48 bits per heavy atom. The third-order valence-electron chi connectivity index (χ3n) is 4.16. The van der Waals surface area contributed by atoms with Crippen LogP contribution in [0.5, 0.6) is 0 Å². The van der Waals surface area contributed by atoms with Crippen molar-refractivity contribution in [1.82, 2.24) is 9.88 Å². The minimum absolute atomic E-state index is 0.125. The van der Waals surface area contributed by atoms with Crippen LogP contribution in [0.4, 0.5) is 0 Å². The summed E-state index contributed by atoms with van der Waals surface area (Å²) in [5.41, 5.74) is 1.01. The molecule has 2 atom stereocenters. The molecule has 1 N–H and O–H groups in total. The molecule has 2 heterocycles. The van der Waals surface area contributed by atoms with Gasteiger partial charge in [0.25, 0.3) is 0 Å². The van der Waals surface area contributed by atoms with E-state index in [9.17, 15) is 9.90 Å². The fraction of sp³-hybridized carbons (Fsp3) is 0.500. The molecule has 1 aliphatic heterocycles. The van der Waals surface area contributed by atoms with Gasteiger partial charge < -0.3 is 10.0 Å². The average Bonchev–Trinajstić information content (AvgIpc) is 2.90. The van der Waals surface area contributed by atoms with Crippen molar-refractivity contribution in [2.24, 2.45) is 5.92 Å². The Morgan fingerprint density at radius 2 is 2.29 bits per heavy atom. The predicted octanol–water partition coefficient (Wildman–Crippen LogP) is 2.46. The Hall–Kier alpha value is -1.46. The van der Waals surface area contributed by atoms with Crippen molar-refractivity contribution in [1.29, 1.82) is 0 Å². The molecule has 5 heteroatoms. The number of para-hydroxylation sites is 1. The number of carbonyl (C=O) groups is 1. The van der Waals surface area contributed by atoms with Gasteiger partial charge in [-0.1, -0.05) is 19.1 Å². The molecule has 4 nitrogen and oxygen atoms in total. The molecule has 1 aliphatic rings. The maximum absolute atomic E-state index is 12.2. The van der Waals surface area contributed by atoms with Crippen LogP contribution in [-0.2, 0) is 11.2 Å². The van der Waals surface area contributed by atoms with Crippen LogP contribution in [-0.4, -0.2) is 40.1 Å². The van der Waals surface area contributed by atoms with Crippen LogP contribution in [0.3, 0.4) is 0 Å². The molecule has 1 fully saturated rings. The molecule has 2 unspecified atom stereocenters. The fourth-order valence-corrected chi connectivity index (χ4v) is 3.64. The summed E-state index contributed by atoms with van der Waals surface area (Å²) in [6.07, 6.45) is 1.65. The zero-order valence-corrected chi connectivity index (χ0v) is 13.0. The molecule has 2 aromatic rings. The molecule has 1 aromatic carbocycles. The Morgan fingerprint density at radius 3 is 3.05 bits per heavy atom. The SMILES string of the molecule is CC1CCN(C(=O)CCc2nc3ccccc3s2)CC1O. The van der Waals surface area contributed by atoms with Crippen molar-refractivity contribution in [2.45, 2.75) is 32.3 Å². The Balaban J connectivity index is 1.58. The highest BCUT2D eigenvalue weighted by molar-refractivity contribution is 7.18. The van der Waals surface area contributed by atoms with Gasteiger partial charge in [-0.3, -0.25) is 4.79 Å². The van der Waals surface area contributed by atoms with E-state index < -0.39 is 0 Å². The molecule has 0 bridgehead atoms. The second-order valence-corrected chi connectivity index (χ2v) is 6.86. The van der Waals surface area contributed by atoms with Crippen molar-refractivity contribution in [3.8, 4) is 0 Å². The summed E-state index contributed by atoms with van der Waals surface area (Å²) in [7, 11) is 0. The second-order valence-electron chi connectivity index (χ2n) is 5.75. The summed E-state index contributed by atoms with van der Waals surface area (Å²) < 4.78 is 1.17. The minimum atomic E-state index is -0.384. The first-order valence-corrected chi connectivity index (χ1v) is 8.25. The van der Waals surface area contributed by atoms with Gasteiger partial charge in [0.2, 0.25) is 5.91 Å². The molecule has 1 aromatic heterocycles. The normalized spacial score (nSPS) is 22.7. The van der Waals surface area contributed by atoms with E-state index in [0.29, 0.717) is 25.3 Å². The van der Waals surface area contributed by atoms with E-state index in [1.165, 1.54) is 4.70 Å². The number of hydrogen-bond acceptors (Lipinski definition) is 4. The lowest BCUT2D eigenvalue weighted by molar-refractivity contribution is -0.135. The number of fused-ring (bicyclic) bond motifs is 1. The summed E-state index contributed by atoms with van der Waals surface area (Å²) in [6.45, 7) is 3.27. The van der Waals surface area contributed by atoms with Crippen molar-refractivity contribution in [3.63, 3.8) is 0 Å². The number of piperidine rings is 1. The van der Waals surface area contributed by atoms with Gasteiger partial charge in [-0.2, -0.15) is 0 Å². The van der Waals surface area contributed by atoms with E-state index in [1.54, 1.807) is 16.2 Å².